The van der Waals surface area contributed by atoms with E-state index in [0.29, 0.717) is 6.42 Å². The quantitative estimate of drug-likeness (QED) is 0.880. The second kappa shape index (κ2) is 6.43. The van der Waals surface area contributed by atoms with Gasteiger partial charge in [-0.15, -0.1) is 0 Å². The summed E-state index contributed by atoms with van der Waals surface area (Å²) in [6.45, 7) is 1.61. The number of rotatable bonds is 5. The lowest BCUT2D eigenvalue weighted by Crippen LogP contribution is -2.34. The Labute approximate surface area is 114 Å². The number of Topliss-reactive ketones (excluding diaryl/α,β-unsaturated/α-hetero) is 1. The Morgan fingerprint density at radius 3 is 2.79 bits per heavy atom. The molecule has 0 fully saturated rings. The normalized spacial score (nSPS) is 16.0. The van der Waals surface area contributed by atoms with Crippen molar-refractivity contribution in [1.29, 1.82) is 0 Å². The van der Waals surface area contributed by atoms with Gasteiger partial charge in [0.05, 0.1) is 11.7 Å². The second-order valence-electron chi connectivity index (χ2n) is 4.85. The van der Waals surface area contributed by atoms with Gasteiger partial charge in [0.15, 0.2) is 0 Å². The fraction of sp³-hybridized carbons (Fsp3) is 0.375. The molecule has 1 aliphatic rings. The Hall–Kier alpha value is -1.74. The number of likely N-dealkylation sites (N-methyl/N-ethyl adjacent to an activating group) is 1. The molecule has 0 spiro atoms. The van der Waals surface area contributed by atoms with Gasteiger partial charge in [-0.05, 0) is 50.4 Å². The third-order valence-corrected chi connectivity index (χ3v) is 3.39. The molecule has 3 nitrogen and oxygen atoms in total. The van der Waals surface area contributed by atoms with Crippen molar-refractivity contribution >= 4 is 11.4 Å². The van der Waals surface area contributed by atoms with E-state index in [-0.39, 0.29) is 11.8 Å². The van der Waals surface area contributed by atoms with Crippen LogP contribution in [0.15, 0.2) is 36.6 Å². The average Bonchev–Trinajstić information content (AvgIpc) is 2.46. The highest BCUT2D eigenvalue weighted by Gasteiger charge is 2.12. The topological polar surface area (TPSA) is 42.0 Å². The Kier molecular flexibility index (Phi) is 4.63. The predicted molar refractivity (Wildman–Crippen MR) is 77.8 cm³/mol. The summed E-state index contributed by atoms with van der Waals surface area (Å²) in [5.74, 6) is 0.157. The Morgan fingerprint density at radius 1 is 1.42 bits per heavy atom. The van der Waals surface area contributed by atoms with E-state index in [4.69, 9.17) is 0 Å². The van der Waals surface area contributed by atoms with Crippen molar-refractivity contribution in [2.75, 3.05) is 7.05 Å². The summed E-state index contributed by atoms with van der Waals surface area (Å²) in [5.41, 5.74) is 3.27. The number of hydrogen-bond donors (Lipinski definition) is 1. The number of hydrogen-bond acceptors (Lipinski definition) is 3. The van der Waals surface area contributed by atoms with Crippen LogP contribution in [0, 0.1) is 0 Å². The smallest absolute Gasteiger partial charge is 0.147 e. The monoisotopic (exact) mass is 256 g/mol. The van der Waals surface area contributed by atoms with Crippen LogP contribution in [0.25, 0.3) is 5.57 Å². The SMILES string of the molecule is CNC(Cc1ccc(C2=CCCC=C2)nc1)C(C)=O. The summed E-state index contributed by atoms with van der Waals surface area (Å²) in [5, 5.41) is 3.03. The van der Waals surface area contributed by atoms with Gasteiger partial charge < -0.3 is 5.32 Å². The highest BCUT2D eigenvalue weighted by atomic mass is 16.1. The molecule has 100 valence electrons. The molecule has 0 aliphatic heterocycles. The van der Waals surface area contributed by atoms with Gasteiger partial charge in [0, 0.05) is 6.20 Å². The first kappa shape index (κ1) is 13.7. The molecule has 0 radical (unpaired) electrons. The summed E-state index contributed by atoms with van der Waals surface area (Å²) in [4.78, 5) is 15.9. The summed E-state index contributed by atoms with van der Waals surface area (Å²) >= 11 is 0. The molecule has 0 saturated heterocycles. The second-order valence-corrected chi connectivity index (χ2v) is 4.85. The average molecular weight is 256 g/mol. The van der Waals surface area contributed by atoms with E-state index in [2.05, 4.69) is 34.6 Å². The number of pyridine rings is 1. The van der Waals surface area contributed by atoms with E-state index in [1.54, 1.807) is 6.92 Å². The number of ketones is 1. The molecule has 0 saturated carbocycles. The number of carbonyl (C=O) groups is 1. The fourth-order valence-electron chi connectivity index (χ4n) is 2.20. The van der Waals surface area contributed by atoms with E-state index in [1.807, 2.05) is 19.3 Å². The third kappa shape index (κ3) is 3.61. The van der Waals surface area contributed by atoms with Crippen LogP contribution in [0.2, 0.25) is 0 Å². The molecule has 1 aromatic heterocycles. The van der Waals surface area contributed by atoms with Crippen molar-refractivity contribution in [2.45, 2.75) is 32.2 Å². The third-order valence-electron chi connectivity index (χ3n) is 3.39. The molecule has 3 heteroatoms. The highest BCUT2D eigenvalue weighted by Crippen LogP contribution is 2.19. The van der Waals surface area contributed by atoms with Gasteiger partial charge in [-0.2, -0.15) is 0 Å². The van der Waals surface area contributed by atoms with Crippen molar-refractivity contribution in [3.05, 3.63) is 47.8 Å². The van der Waals surface area contributed by atoms with Gasteiger partial charge in [0.2, 0.25) is 0 Å². The minimum absolute atomic E-state index is 0.124. The minimum atomic E-state index is -0.124. The molecule has 0 aromatic carbocycles. The molecule has 1 unspecified atom stereocenters. The first-order chi connectivity index (χ1) is 9.20. The van der Waals surface area contributed by atoms with Crippen LogP contribution in [0.3, 0.4) is 0 Å². The summed E-state index contributed by atoms with van der Waals surface area (Å²) in [6, 6.07) is 3.96. The Bertz CT molecular complexity index is 500. The number of aromatic nitrogens is 1. The van der Waals surface area contributed by atoms with Crippen LogP contribution in [0.1, 0.15) is 31.0 Å². The molecular weight excluding hydrogens is 236 g/mol. The summed E-state index contributed by atoms with van der Waals surface area (Å²) in [6.07, 6.45) is 11.3. The lowest BCUT2D eigenvalue weighted by molar-refractivity contribution is -0.118. The predicted octanol–water partition coefficient (Wildman–Crippen LogP) is 2.53. The van der Waals surface area contributed by atoms with Crippen LogP contribution in [0.5, 0.6) is 0 Å². The van der Waals surface area contributed by atoms with Crippen LogP contribution < -0.4 is 5.32 Å². The van der Waals surface area contributed by atoms with E-state index in [1.165, 1.54) is 5.57 Å². The number of allylic oxidation sites excluding steroid dienone is 4. The number of nitrogens with one attached hydrogen (secondary N) is 1. The van der Waals surface area contributed by atoms with Crippen molar-refractivity contribution in [3.8, 4) is 0 Å². The van der Waals surface area contributed by atoms with E-state index in [0.717, 1.165) is 24.1 Å². The molecule has 1 N–H and O–H groups in total. The maximum atomic E-state index is 11.4. The van der Waals surface area contributed by atoms with Gasteiger partial charge >= 0.3 is 0 Å². The summed E-state index contributed by atoms with van der Waals surface area (Å²) < 4.78 is 0. The Balaban J connectivity index is 2.08. The van der Waals surface area contributed by atoms with Gasteiger partial charge in [-0.1, -0.05) is 24.3 Å². The zero-order valence-corrected chi connectivity index (χ0v) is 11.5. The first-order valence-corrected chi connectivity index (χ1v) is 6.70. The largest absolute Gasteiger partial charge is 0.310 e. The number of carbonyl (C=O) groups excluding carboxylic acids is 1. The van der Waals surface area contributed by atoms with Crippen LogP contribution in [0.4, 0.5) is 0 Å². The number of nitrogens with zero attached hydrogens (tertiary/aromatic N) is 1. The molecular formula is C16H20N2O. The molecule has 2 rings (SSSR count). The van der Waals surface area contributed by atoms with Crippen LogP contribution in [-0.4, -0.2) is 23.9 Å². The fourth-order valence-corrected chi connectivity index (χ4v) is 2.20. The molecule has 0 amide bonds. The molecule has 1 atom stereocenters. The lowest BCUT2D eigenvalue weighted by atomic mass is 10.0. The van der Waals surface area contributed by atoms with E-state index < -0.39 is 0 Å². The zero-order valence-electron chi connectivity index (χ0n) is 11.5. The van der Waals surface area contributed by atoms with E-state index >= 15 is 0 Å². The maximum Gasteiger partial charge on any atom is 0.147 e. The highest BCUT2D eigenvalue weighted by molar-refractivity contribution is 5.81. The van der Waals surface area contributed by atoms with Crippen molar-refractivity contribution in [2.24, 2.45) is 0 Å². The lowest BCUT2D eigenvalue weighted by Gasteiger charge is -2.13. The van der Waals surface area contributed by atoms with Crippen molar-refractivity contribution in [1.82, 2.24) is 10.3 Å². The Morgan fingerprint density at radius 2 is 2.26 bits per heavy atom. The van der Waals surface area contributed by atoms with Gasteiger partial charge in [-0.3, -0.25) is 9.78 Å². The van der Waals surface area contributed by atoms with Gasteiger partial charge in [0.1, 0.15) is 5.78 Å². The van der Waals surface area contributed by atoms with Crippen molar-refractivity contribution in [3.63, 3.8) is 0 Å². The molecule has 1 aromatic rings. The minimum Gasteiger partial charge on any atom is -0.310 e. The summed E-state index contributed by atoms with van der Waals surface area (Å²) in [7, 11) is 1.81. The first-order valence-electron chi connectivity index (χ1n) is 6.70. The molecule has 0 bridgehead atoms. The molecule has 19 heavy (non-hydrogen) atoms. The van der Waals surface area contributed by atoms with E-state index in [9.17, 15) is 4.79 Å². The maximum absolute atomic E-state index is 11.4. The van der Waals surface area contributed by atoms with Gasteiger partial charge in [-0.25, -0.2) is 0 Å². The van der Waals surface area contributed by atoms with Crippen LogP contribution >= 0.6 is 0 Å². The van der Waals surface area contributed by atoms with Crippen molar-refractivity contribution < 1.29 is 4.79 Å². The molecule has 1 aliphatic carbocycles. The van der Waals surface area contributed by atoms with Gasteiger partial charge in [0.25, 0.3) is 0 Å². The zero-order chi connectivity index (χ0) is 13.7. The van der Waals surface area contributed by atoms with Crippen LogP contribution in [-0.2, 0) is 11.2 Å². The molecule has 1 heterocycles. The standard InChI is InChI=1S/C16H20N2O/c1-12(19)16(17-2)10-13-8-9-15(18-11-13)14-6-4-3-5-7-14/h4,6-9,11,16-17H,3,5,10H2,1-2H3.